The monoisotopic (exact) mass is 286 g/mol. The van der Waals surface area contributed by atoms with Crippen LogP contribution in [0.2, 0.25) is 0 Å². The van der Waals surface area contributed by atoms with Gasteiger partial charge in [0, 0.05) is 22.5 Å². The molecule has 106 valence electrons. The molecule has 1 aromatic heterocycles. The standard InChI is InChI=1S/C17H22N2S/c1-18-16(11-15-12-19-13-20-15)17(9-5-6-10-17)14-7-3-2-4-8-14/h2-4,7-8,12-13,16,18H,5-6,9-11H2,1H3. The van der Waals surface area contributed by atoms with Crippen molar-refractivity contribution in [3.8, 4) is 0 Å². The van der Waals surface area contributed by atoms with Crippen molar-refractivity contribution in [3.05, 3.63) is 52.5 Å². The maximum absolute atomic E-state index is 4.22. The lowest BCUT2D eigenvalue weighted by atomic mass is 9.71. The van der Waals surface area contributed by atoms with E-state index in [0.717, 1.165) is 6.42 Å². The highest BCUT2D eigenvalue weighted by Crippen LogP contribution is 2.44. The minimum absolute atomic E-state index is 0.292. The molecule has 1 aromatic carbocycles. The lowest BCUT2D eigenvalue weighted by Crippen LogP contribution is -2.46. The number of hydrogen-bond donors (Lipinski definition) is 1. The topological polar surface area (TPSA) is 24.9 Å². The highest BCUT2D eigenvalue weighted by molar-refractivity contribution is 7.09. The Labute approximate surface area is 125 Å². The van der Waals surface area contributed by atoms with E-state index in [1.165, 1.54) is 36.1 Å². The quantitative estimate of drug-likeness (QED) is 0.904. The van der Waals surface area contributed by atoms with Crippen LogP contribution in [0.4, 0.5) is 0 Å². The van der Waals surface area contributed by atoms with Gasteiger partial charge in [0.05, 0.1) is 5.51 Å². The summed E-state index contributed by atoms with van der Waals surface area (Å²) in [6.07, 6.45) is 8.37. The Bertz CT molecular complexity index is 515. The minimum Gasteiger partial charge on any atom is -0.316 e. The van der Waals surface area contributed by atoms with Gasteiger partial charge in [0.25, 0.3) is 0 Å². The van der Waals surface area contributed by atoms with Crippen LogP contribution < -0.4 is 5.32 Å². The summed E-state index contributed by atoms with van der Waals surface area (Å²) in [5.74, 6) is 0. The van der Waals surface area contributed by atoms with Gasteiger partial charge in [0.2, 0.25) is 0 Å². The smallest absolute Gasteiger partial charge is 0.0794 e. The molecular formula is C17H22N2S. The van der Waals surface area contributed by atoms with Gasteiger partial charge in [-0.1, -0.05) is 43.2 Å². The summed E-state index contributed by atoms with van der Waals surface area (Å²) in [6, 6.07) is 11.6. The number of nitrogens with zero attached hydrogens (tertiary/aromatic N) is 1. The Morgan fingerprint density at radius 2 is 2.00 bits per heavy atom. The third-order valence-corrected chi connectivity index (χ3v) is 5.55. The molecule has 20 heavy (non-hydrogen) atoms. The van der Waals surface area contributed by atoms with Crippen molar-refractivity contribution in [3.63, 3.8) is 0 Å². The van der Waals surface area contributed by atoms with Crippen LogP contribution in [0.15, 0.2) is 42.0 Å². The molecule has 2 aromatic rings. The number of hydrogen-bond acceptors (Lipinski definition) is 3. The maximum atomic E-state index is 4.22. The summed E-state index contributed by atoms with van der Waals surface area (Å²) in [5.41, 5.74) is 3.73. The highest BCUT2D eigenvalue weighted by atomic mass is 32.1. The van der Waals surface area contributed by atoms with Crippen molar-refractivity contribution >= 4 is 11.3 Å². The summed E-state index contributed by atoms with van der Waals surface area (Å²) in [4.78, 5) is 5.60. The maximum Gasteiger partial charge on any atom is 0.0794 e. The predicted molar refractivity (Wildman–Crippen MR) is 85.3 cm³/mol. The van der Waals surface area contributed by atoms with Crippen LogP contribution in [0.25, 0.3) is 0 Å². The molecule has 3 rings (SSSR count). The zero-order valence-corrected chi connectivity index (χ0v) is 12.8. The fourth-order valence-corrected chi connectivity index (χ4v) is 4.37. The summed E-state index contributed by atoms with van der Waals surface area (Å²) in [7, 11) is 2.11. The van der Waals surface area contributed by atoms with E-state index in [9.17, 15) is 0 Å². The van der Waals surface area contributed by atoms with Gasteiger partial charge in [-0.25, -0.2) is 0 Å². The number of aromatic nitrogens is 1. The van der Waals surface area contributed by atoms with Crippen LogP contribution in [0.5, 0.6) is 0 Å². The largest absolute Gasteiger partial charge is 0.316 e. The highest BCUT2D eigenvalue weighted by Gasteiger charge is 2.42. The van der Waals surface area contributed by atoms with Crippen molar-refractivity contribution < 1.29 is 0 Å². The minimum atomic E-state index is 0.292. The molecule has 1 saturated carbocycles. The molecule has 0 saturated heterocycles. The van der Waals surface area contributed by atoms with Gasteiger partial charge in [0.1, 0.15) is 0 Å². The summed E-state index contributed by atoms with van der Waals surface area (Å²) >= 11 is 1.77. The number of thiazole rings is 1. The molecule has 1 fully saturated rings. The van der Waals surface area contributed by atoms with Crippen LogP contribution in [0.1, 0.15) is 36.1 Å². The van der Waals surface area contributed by atoms with Crippen molar-refractivity contribution in [2.45, 2.75) is 43.6 Å². The van der Waals surface area contributed by atoms with Gasteiger partial charge in [-0.05, 0) is 31.9 Å². The van der Waals surface area contributed by atoms with Crippen molar-refractivity contribution in [1.82, 2.24) is 10.3 Å². The predicted octanol–water partition coefficient (Wildman–Crippen LogP) is 3.79. The van der Waals surface area contributed by atoms with Gasteiger partial charge in [0.15, 0.2) is 0 Å². The first-order valence-electron chi connectivity index (χ1n) is 7.45. The average molecular weight is 286 g/mol. The molecule has 1 N–H and O–H groups in total. The lowest BCUT2D eigenvalue weighted by molar-refractivity contribution is 0.308. The van der Waals surface area contributed by atoms with E-state index in [-0.39, 0.29) is 0 Å². The molecule has 3 heteroatoms. The van der Waals surface area contributed by atoms with E-state index < -0.39 is 0 Å². The van der Waals surface area contributed by atoms with Crippen molar-refractivity contribution in [2.24, 2.45) is 0 Å². The molecule has 1 aliphatic rings. The van der Waals surface area contributed by atoms with E-state index in [0.29, 0.717) is 11.5 Å². The number of nitrogens with one attached hydrogen (secondary N) is 1. The molecule has 1 heterocycles. The van der Waals surface area contributed by atoms with E-state index in [2.05, 4.69) is 47.7 Å². The summed E-state index contributed by atoms with van der Waals surface area (Å²) < 4.78 is 0. The van der Waals surface area contributed by atoms with Crippen LogP contribution in [0, 0.1) is 0 Å². The van der Waals surface area contributed by atoms with E-state index in [1.54, 1.807) is 11.3 Å². The van der Waals surface area contributed by atoms with Crippen molar-refractivity contribution in [2.75, 3.05) is 7.05 Å². The van der Waals surface area contributed by atoms with Gasteiger partial charge in [-0.3, -0.25) is 4.98 Å². The zero-order valence-electron chi connectivity index (χ0n) is 12.0. The Morgan fingerprint density at radius 3 is 2.60 bits per heavy atom. The van der Waals surface area contributed by atoms with Crippen LogP contribution in [-0.4, -0.2) is 18.1 Å². The van der Waals surface area contributed by atoms with Gasteiger partial charge >= 0.3 is 0 Å². The molecule has 1 unspecified atom stereocenters. The first kappa shape index (κ1) is 13.8. The van der Waals surface area contributed by atoms with Gasteiger partial charge in [-0.15, -0.1) is 11.3 Å². The fraction of sp³-hybridized carbons (Fsp3) is 0.471. The summed E-state index contributed by atoms with van der Waals surface area (Å²) in [5, 5.41) is 3.60. The summed E-state index contributed by atoms with van der Waals surface area (Å²) in [6.45, 7) is 0. The van der Waals surface area contributed by atoms with Crippen LogP contribution in [0.3, 0.4) is 0 Å². The molecule has 1 atom stereocenters. The lowest BCUT2D eigenvalue weighted by Gasteiger charge is -2.38. The number of rotatable bonds is 5. The van der Waals surface area contributed by atoms with E-state index >= 15 is 0 Å². The number of benzene rings is 1. The molecule has 0 aliphatic heterocycles. The van der Waals surface area contributed by atoms with Crippen LogP contribution >= 0.6 is 11.3 Å². The first-order valence-corrected chi connectivity index (χ1v) is 8.33. The number of likely N-dealkylation sites (N-methyl/N-ethyl adjacent to an activating group) is 1. The molecule has 0 spiro atoms. The third kappa shape index (κ3) is 2.52. The van der Waals surface area contributed by atoms with Gasteiger partial charge in [-0.2, -0.15) is 0 Å². The van der Waals surface area contributed by atoms with Gasteiger partial charge < -0.3 is 5.32 Å². The normalized spacial score (nSPS) is 19.1. The Kier molecular flexibility index (Phi) is 4.18. The molecular weight excluding hydrogens is 264 g/mol. The second kappa shape index (κ2) is 6.06. The molecule has 0 amide bonds. The van der Waals surface area contributed by atoms with E-state index in [4.69, 9.17) is 0 Å². The molecule has 0 radical (unpaired) electrons. The second-order valence-electron chi connectivity index (χ2n) is 5.74. The SMILES string of the molecule is CNC(Cc1cncs1)C1(c2ccccc2)CCCC1. The van der Waals surface area contributed by atoms with E-state index in [1.807, 2.05) is 11.7 Å². The average Bonchev–Trinajstić information content (AvgIpc) is 3.18. The fourth-order valence-electron chi connectivity index (χ4n) is 3.73. The second-order valence-corrected chi connectivity index (χ2v) is 6.71. The Balaban J connectivity index is 1.92. The third-order valence-electron chi connectivity index (χ3n) is 4.75. The molecule has 0 bridgehead atoms. The molecule has 2 nitrogen and oxygen atoms in total. The van der Waals surface area contributed by atoms with Crippen LogP contribution in [-0.2, 0) is 11.8 Å². The Hall–Kier alpha value is -1.19. The molecule has 1 aliphatic carbocycles. The first-order chi connectivity index (χ1) is 9.85. The van der Waals surface area contributed by atoms with Crippen molar-refractivity contribution in [1.29, 1.82) is 0 Å². The Morgan fingerprint density at radius 1 is 1.25 bits per heavy atom. The zero-order chi connectivity index (χ0) is 13.8.